The number of hydrogen-bond donors (Lipinski definition) is 2. The highest BCUT2D eigenvalue weighted by molar-refractivity contribution is 4.92. The van der Waals surface area contributed by atoms with Gasteiger partial charge < -0.3 is 15.2 Å². The van der Waals surface area contributed by atoms with Crippen molar-refractivity contribution in [3.8, 4) is 0 Å². The largest absolute Gasteiger partial charge is 0.394 e. The van der Waals surface area contributed by atoms with Crippen molar-refractivity contribution in [2.75, 3.05) is 33.4 Å². The Kier molecular flexibility index (Phi) is 5.59. The Morgan fingerprint density at radius 1 is 1.50 bits per heavy atom. The van der Waals surface area contributed by atoms with Crippen molar-refractivity contribution in [1.29, 1.82) is 0 Å². The number of nitrogens with zero attached hydrogens (tertiary/aromatic N) is 1. The van der Waals surface area contributed by atoms with E-state index < -0.39 is 0 Å². The third-order valence-corrected chi connectivity index (χ3v) is 3.79. The quantitative estimate of drug-likeness (QED) is 0.752. The second-order valence-electron chi connectivity index (χ2n) is 6.49. The third-order valence-electron chi connectivity index (χ3n) is 3.79. The van der Waals surface area contributed by atoms with Crippen molar-refractivity contribution in [3.05, 3.63) is 0 Å². The summed E-state index contributed by atoms with van der Waals surface area (Å²) in [5.41, 5.74) is -0.271. The highest BCUT2D eigenvalue weighted by atomic mass is 16.5. The number of nitrogens with one attached hydrogen (secondary N) is 1. The Balaban J connectivity index is 2.59. The van der Waals surface area contributed by atoms with Gasteiger partial charge in [0.05, 0.1) is 17.7 Å². The molecule has 2 unspecified atom stereocenters. The lowest BCUT2D eigenvalue weighted by molar-refractivity contribution is -0.0580. The molecule has 2 atom stereocenters. The van der Waals surface area contributed by atoms with Crippen LogP contribution in [0.3, 0.4) is 0 Å². The molecule has 0 aromatic heterocycles. The van der Waals surface area contributed by atoms with E-state index in [1.807, 2.05) is 0 Å². The molecule has 1 heterocycles. The van der Waals surface area contributed by atoms with E-state index in [0.29, 0.717) is 6.04 Å². The summed E-state index contributed by atoms with van der Waals surface area (Å²) in [5.74, 6) is 0. The molecule has 18 heavy (non-hydrogen) atoms. The average Bonchev–Trinajstić information content (AvgIpc) is 2.28. The van der Waals surface area contributed by atoms with Gasteiger partial charge in [-0.3, -0.25) is 4.90 Å². The summed E-state index contributed by atoms with van der Waals surface area (Å²) in [7, 11) is 1.79. The van der Waals surface area contributed by atoms with Crippen molar-refractivity contribution in [2.45, 2.75) is 57.7 Å². The van der Waals surface area contributed by atoms with E-state index in [1.165, 1.54) is 0 Å². The van der Waals surface area contributed by atoms with Crippen LogP contribution in [0.5, 0.6) is 0 Å². The van der Waals surface area contributed by atoms with Gasteiger partial charge >= 0.3 is 0 Å². The minimum atomic E-state index is -0.236. The Morgan fingerprint density at radius 3 is 2.67 bits per heavy atom. The Labute approximate surface area is 112 Å². The first-order valence-electron chi connectivity index (χ1n) is 6.98. The Bertz CT molecular complexity index is 260. The van der Waals surface area contributed by atoms with Crippen molar-refractivity contribution < 1.29 is 9.84 Å². The fraction of sp³-hybridized carbons (Fsp3) is 1.00. The molecule has 1 aliphatic heterocycles. The lowest BCUT2D eigenvalue weighted by Crippen LogP contribution is -2.59. The maximum atomic E-state index is 9.63. The molecule has 0 aliphatic carbocycles. The number of aliphatic hydroxyl groups is 1. The maximum Gasteiger partial charge on any atom is 0.0777 e. The van der Waals surface area contributed by atoms with Crippen LogP contribution in [-0.4, -0.2) is 60.5 Å². The predicted molar refractivity (Wildman–Crippen MR) is 74.9 cm³/mol. The molecule has 4 nitrogen and oxygen atoms in total. The molecule has 2 N–H and O–H groups in total. The van der Waals surface area contributed by atoms with Crippen LogP contribution in [0, 0.1) is 0 Å². The monoisotopic (exact) mass is 258 g/mol. The predicted octanol–water partition coefficient (Wildman–Crippen LogP) is 1.24. The van der Waals surface area contributed by atoms with Gasteiger partial charge in [0, 0.05) is 26.2 Å². The lowest BCUT2D eigenvalue weighted by Gasteiger charge is -2.43. The summed E-state index contributed by atoms with van der Waals surface area (Å²) in [4.78, 5) is 2.40. The standard InChI is InChI=1S/C14H30N2O2/c1-12(2)15-13(3,11-17)9-16-8-6-7-14(4,10-16)18-5/h12,15,17H,6-11H2,1-5H3. The summed E-state index contributed by atoms with van der Waals surface area (Å²) in [6, 6.07) is 0.376. The molecular formula is C14H30N2O2. The molecule has 0 aromatic carbocycles. The molecule has 1 aliphatic rings. The Morgan fingerprint density at radius 2 is 2.17 bits per heavy atom. The van der Waals surface area contributed by atoms with Gasteiger partial charge in [-0.1, -0.05) is 13.8 Å². The summed E-state index contributed by atoms with van der Waals surface area (Å²) in [6.45, 7) is 11.5. The van der Waals surface area contributed by atoms with Crippen molar-refractivity contribution >= 4 is 0 Å². The second-order valence-corrected chi connectivity index (χ2v) is 6.49. The van der Waals surface area contributed by atoms with Crippen LogP contribution < -0.4 is 5.32 Å². The van der Waals surface area contributed by atoms with Gasteiger partial charge in [-0.2, -0.15) is 0 Å². The number of ether oxygens (including phenoxy) is 1. The van der Waals surface area contributed by atoms with Crippen molar-refractivity contribution in [2.24, 2.45) is 0 Å². The molecule has 0 saturated carbocycles. The summed E-state index contributed by atoms with van der Waals surface area (Å²) >= 11 is 0. The third kappa shape index (κ3) is 4.50. The van der Waals surface area contributed by atoms with Crippen molar-refractivity contribution in [3.63, 3.8) is 0 Å². The molecule has 0 radical (unpaired) electrons. The second kappa shape index (κ2) is 6.33. The number of hydrogen-bond acceptors (Lipinski definition) is 4. The van der Waals surface area contributed by atoms with Gasteiger partial charge in [-0.15, -0.1) is 0 Å². The zero-order chi connectivity index (χ0) is 13.8. The van der Waals surface area contributed by atoms with E-state index >= 15 is 0 Å². The zero-order valence-corrected chi connectivity index (χ0v) is 12.6. The van der Waals surface area contributed by atoms with E-state index in [-0.39, 0.29) is 17.7 Å². The molecule has 108 valence electrons. The fourth-order valence-corrected chi connectivity index (χ4v) is 2.94. The number of methoxy groups -OCH3 is 1. The molecule has 0 spiro atoms. The van der Waals surface area contributed by atoms with E-state index in [4.69, 9.17) is 4.74 Å². The maximum absolute atomic E-state index is 9.63. The lowest BCUT2D eigenvalue weighted by atomic mass is 9.92. The van der Waals surface area contributed by atoms with Crippen LogP contribution in [0.25, 0.3) is 0 Å². The molecule has 1 saturated heterocycles. The van der Waals surface area contributed by atoms with Crippen LogP contribution in [-0.2, 0) is 4.74 Å². The van der Waals surface area contributed by atoms with Gasteiger partial charge in [-0.05, 0) is 33.2 Å². The van der Waals surface area contributed by atoms with Crippen LogP contribution >= 0.6 is 0 Å². The highest BCUT2D eigenvalue weighted by Gasteiger charge is 2.34. The van der Waals surface area contributed by atoms with Gasteiger partial charge in [-0.25, -0.2) is 0 Å². The number of aliphatic hydroxyl groups excluding tert-OH is 1. The summed E-state index contributed by atoms with van der Waals surface area (Å²) in [5, 5.41) is 13.1. The first-order chi connectivity index (χ1) is 8.32. The first-order valence-corrected chi connectivity index (χ1v) is 6.98. The van der Waals surface area contributed by atoms with E-state index in [2.05, 4.69) is 37.9 Å². The van der Waals surface area contributed by atoms with Crippen LogP contribution in [0.4, 0.5) is 0 Å². The first kappa shape index (κ1) is 15.9. The molecule has 0 amide bonds. The van der Waals surface area contributed by atoms with E-state index in [0.717, 1.165) is 32.5 Å². The molecular weight excluding hydrogens is 228 g/mol. The normalized spacial score (nSPS) is 29.5. The molecule has 4 heteroatoms. The van der Waals surface area contributed by atoms with Gasteiger partial charge in [0.2, 0.25) is 0 Å². The van der Waals surface area contributed by atoms with Crippen LogP contribution in [0.2, 0.25) is 0 Å². The number of likely N-dealkylation sites (tertiary alicyclic amines) is 1. The van der Waals surface area contributed by atoms with E-state index in [1.54, 1.807) is 7.11 Å². The summed E-state index contributed by atoms with van der Waals surface area (Å²) < 4.78 is 5.61. The minimum Gasteiger partial charge on any atom is -0.394 e. The number of rotatable bonds is 6. The number of piperidine rings is 1. The summed E-state index contributed by atoms with van der Waals surface area (Å²) in [6.07, 6.45) is 2.28. The van der Waals surface area contributed by atoms with Gasteiger partial charge in [0.15, 0.2) is 0 Å². The molecule has 0 bridgehead atoms. The van der Waals surface area contributed by atoms with Gasteiger partial charge in [0.1, 0.15) is 0 Å². The zero-order valence-electron chi connectivity index (χ0n) is 12.6. The van der Waals surface area contributed by atoms with E-state index in [9.17, 15) is 5.11 Å². The van der Waals surface area contributed by atoms with Gasteiger partial charge in [0.25, 0.3) is 0 Å². The fourth-order valence-electron chi connectivity index (χ4n) is 2.94. The average molecular weight is 258 g/mol. The molecule has 0 aromatic rings. The SMILES string of the molecule is COC1(C)CCCN(CC(C)(CO)NC(C)C)C1. The molecule has 1 rings (SSSR count). The van der Waals surface area contributed by atoms with Crippen LogP contribution in [0.1, 0.15) is 40.5 Å². The Hall–Kier alpha value is -0.160. The minimum absolute atomic E-state index is 0.0353. The smallest absolute Gasteiger partial charge is 0.0777 e. The topological polar surface area (TPSA) is 44.7 Å². The van der Waals surface area contributed by atoms with Crippen LogP contribution in [0.15, 0.2) is 0 Å². The van der Waals surface area contributed by atoms with Crippen molar-refractivity contribution in [1.82, 2.24) is 10.2 Å². The molecule has 1 fully saturated rings. The highest BCUT2D eigenvalue weighted by Crippen LogP contribution is 2.25.